The molecule has 116 valence electrons. The van der Waals surface area contributed by atoms with Gasteiger partial charge in [-0.3, -0.25) is 9.59 Å². The maximum absolute atomic E-state index is 12.5. The number of rotatable bonds is 6. The predicted octanol–water partition coefficient (Wildman–Crippen LogP) is 1.63. The van der Waals surface area contributed by atoms with Crippen molar-refractivity contribution in [3.8, 4) is 0 Å². The minimum absolute atomic E-state index is 0.0478. The first-order valence-corrected chi connectivity index (χ1v) is 8.27. The highest BCUT2D eigenvalue weighted by Gasteiger charge is 2.29. The number of nitrogens with zero attached hydrogens (tertiary/aromatic N) is 1. The first kappa shape index (κ1) is 16.0. The van der Waals surface area contributed by atoms with Crippen LogP contribution in [0.25, 0.3) is 0 Å². The molecule has 1 saturated carbocycles. The molecule has 1 unspecified atom stereocenters. The third-order valence-corrected chi connectivity index (χ3v) is 4.72. The molecule has 1 aromatic heterocycles. The van der Waals surface area contributed by atoms with Crippen molar-refractivity contribution in [2.75, 3.05) is 13.2 Å². The van der Waals surface area contributed by atoms with Crippen molar-refractivity contribution in [3.63, 3.8) is 0 Å². The summed E-state index contributed by atoms with van der Waals surface area (Å²) >= 11 is 1.35. The summed E-state index contributed by atoms with van der Waals surface area (Å²) in [7, 11) is 0. The van der Waals surface area contributed by atoms with Crippen molar-refractivity contribution in [1.82, 2.24) is 10.2 Å². The van der Waals surface area contributed by atoms with Crippen LogP contribution in [0.15, 0.2) is 17.5 Å². The molecule has 1 atom stereocenters. The minimum atomic E-state index is -0.577. The van der Waals surface area contributed by atoms with E-state index in [1.807, 2.05) is 11.4 Å². The van der Waals surface area contributed by atoms with Gasteiger partial charge in [-0.1, -0.05) is 18.9 Å². The normalized spacial score (nSPS) is 16.7. The SMILES string of the molecule is CC(NC(=O)c1cccs1)C(=O)N(CCO)C1CCCC1. The summed E-state index contributed by atoms with van der Waals surface area (Å²) in [6.07, 6.45) is 4.21. The number of aliphatic hydroxyl groups excluding tert-OH is 1. The summed E-state index contributed by atoms with van der Waals surface area (Å²) in [4.78, 5) is 26.9. The molecule has 0 bridgehead atoms. The lowest BCUT2D eigenvalue weighted by molar-refractivity contribution is -0.135. The molecule has 1 aliphatic rings. The van der Waals surface area contributed by atoms with Crippen molar-refractivity contribution in [3.05, 3.63) is 22.4 Å². The van der Waals surface area contributed by atoms with Crippen LogP contribution in [-0.2, 0) is 4.79 Å². The molecule has 0 aromatic carbocycles. The number of aliphatic hydroxyl groups is 1. The van der Waals surface area contributed by atoms with Crippen LogP contribution in [0.4, 0.5) is 0 Å². The Morgan fingerprint density at radius 2 is 2.19 bits per heavy atom. The third-order valence-electron chi connectivity index (χ3n) is 3.85. The fourth-order valence-corrected chi connectivity index (χ4v) is 3.41. The fourth-order valence-electron chi connectivity index (χ4n) is 2.78. The zero-order valence-corrected chi connectivity index (χ0v) is 13.1. The van der Waals surface area contributed by atoms with Crippen LogP contribution in [0, 0.1) is 0 Å². The standard InChI is InChI=1S/C15H22N2O3S/c1-11(16-14(19)13-7-4-10-21-13)15(20)17(8-9-18)12-5-2-3-6-12/h4,7,10-12,18H,2-3,5-6,8-9H2,1H3,(H,16,19). The molecule has 21 heavy (non-hydrogen) atoms. The van der Waals surface area contributed by atoms with Gasteiger partial charge in [0.25, 0.3) is 5.91 Å². The van der Waals surface area contributed by atoms with Crippen molar-refractivity contribution >= 4 is 23.2 Å². The van der Waals surface area contributed by atoms with Crippen LogP contribution >= 0.6 is 11.3 Å². The largest absolute Gasteiger partial charge is 0.395 e. The number of carbonyl (C=O) groups excluding carboxylic acids is 2. The summed E-state index contributed by atoms with van der Waals surface area (Å²) in [5, 5.41) is 13.8. The molecule has 2 rings (SSSR count). The van der Waals surface area contributed by atoms with Gasteiger partial charge in [-0.2, -0.15) is 0 Å². The smallest absolute Gasteiger partial charge is 0.261 e. The number of carbonyl (C=O) groups is 2. The van der Waals surface area contributed by atoms with Gasteiger partial charge < -0.3 is 15.3 Å². The lowest BCUT2D eigenvalue weighted by Crippen LogP contribution is -2.50. The van der Waals surface area contributed by atoms with Gasteiger partial charge in [0.1, 0.15) is 6.04 Å². The monoisotopic (exact) mass is 310 g/mol. The van der Waals surface area contributed by atoms with Gasteiger partial charge in [-0.25, -0.2) is 0 Å². The Labute approximate surface area is 129 Å². The highest BCUT2D eigenvalue weighted by molar-refractivity contribution is 7.12. The van der Waals surface area contributed by atoms with E-state index in [9.17, 15) is 14.7 Å². The van der Waals surface area contributed by atoms with Crippen molar-refractivity contribution in [1.29, 1.82) is 0 Å². The lowest BCUT2D eigenvalue weighted by Gasteiger charge is -2.31. The Balaban J connectivity index is 1.97. The van der Waals surface area contributed by atoms with Crippen LogP contribution < -0.4 is 5.32 Å². The minimum Gasteiger partial charge on any atom is -0.395 e. The van der Waals surface area contributed by atoms with Gasteiger partial charge in [-0.15, -0.1) is 11.3 Å². The molecule has 1 fully saturated rings. The van der Waals surface area contributed by atoms with Gasteiger partial charge >= 0.3 is 0 Å². The van der Waals surface area contributed by atoms with Crippen molar-refractivity contribution in [2.24, 2.45) is 0 Å². The maximum atomic E-state index is 12.5. The average molecular weight is 310 g/mol. The number of hydrogen-bond acceptors (Lipinski definition) is 4. The second-order valence-corrected chi connectivity index (χ2v) is 6.31. The zero-order chi connectivity index (χ0) is 15.2. The fraction of sp³-hybridized carbons (Fsp3) is 0.600. The van der Waals surface area contributed by atoms with Gasteiger partial charge in [0.05, 0.1) is 11.5 Å². The summed E-state index contributed by atoms with van der Waals surface area (Å²) in [5.41, 5.74) is 0. The van der Waals surface area contributed by atoms with Crippen LogP contribution in [0.1, 0.15) is 42.3 Å². The van der Waals surface area contributed by atoms with E-state index in [0.717, 1.165) is 25.7 Å². The highest BCUT2D eigenvalue weighted by atomic mass is 32.1. The van der Waals surface area contributed by atoms with Gasteiger partial charge in [-0.05, 0) is 31.2 Å². The number of hydrogen-bond donors (Lipinski definition) is 2. The molecular weight excluding hydrogens is 288 g/mol. The van der Waals surface area contributed by atoms with Gasteiger partial charge in [0.2, 0.25) is 5.91 Å². The molecule has 0 spiro atoms. The van der Waals surface area contributed by atoms with Crippen LogP contribution in [0.3, 0.4) is 0 Å². The van der Waals surface area contributed by atoms with Crippen LogP contribution in [-0.4, -0.2) is 47.1 Å². The molecule has 0 radical (unpaired) electrons. The molecule has 1 heterocycles. The van der Waals surface area contributed by atoms with E-state index in [2.05, 4.69) is 5.32 Å². The Kier molecular flexibility index (Phi) is 5.76. The van der Waals surface area contributed by atoms with E-state index in [-0.39, 0.29) is 24.5 Å². The second-order valence-electron chi connectivity index (χ2n) is 5.37. The third kappa shape index (κ3) is 4.04. The van der Waals surface area contributed by atoms with Gasteiger partial charge in [0.15, 0.2) is 0 Å². The topological polar surface area (TPSA) is 69.6 Å². The van der Waals surface area contributed by atoms with Crippen LogP contribution in [0.2, 0.25) is 0 Å². The summed E-state index contributed by atoms with van der Waals surface area (Å²) < 4.78 is 0. The first-order chi connectivity index (χ1) is 10.1. The Bertz CT molecular complexity index is 469. The lowest BCUT2D eigenvalue weighted by atomic mass is 10.1. The van der Waals surface area contributed by atoms with E-state index >= 15 is 0 Å². The predicted molar refractivity (Wildman–Crippen MR) is 82.3 cm³/mol. The highest BCUT2D eigenvalue weighted by Crippen LogP contribution is 2.24. The van der Waals surface area contributed by atoms with E-state index < -0.39 is 6.04 Å². The van der Waals surface area contributed by atoms with E-state index in [1.54, 1.807) is 17.9 Å². The molecular formula is C15H22N2O3S. The summed E-state index contributed by atoms with van der Waals surface area (Å²) in [6.45, 7) is 1.99. The molecule has 2 N–H and O–H groups in total. The van der Waals surface area contributed by atoms with Crippen molar-refractivity contribution < 1.29 is 14.7 Å². The maximum Gasteiger partial charge on any atom is 0.261 e. The van der Waals surface area contributed by atoms with E-state index in [1.165, 1.54) is 11.3 Å². The molecule has 1 aliphatic carbocycles. The van der Waals surface area contributed by atoms with Crippen molar-refractivity contribution in [2.45, 2.75) is 44.7 Å². The van der Waals surface area contributed by atoms with E-state index in [0.29, 0.717) is 11.4 Å². The Hall–Kier alpha value is -1.40. The molecule has 0 aliphatic heterocycles. The zero-order valence-electron chi connectivity index (χ0n) is 12.2. The molecule has 5 nitrogen and oxygen atoms in total. The Morgan fingerprint density at radius 3 is 2.76 bits per heavy atom. The quantitative estimate of drug-likeness (QED) is 0.839. The molecule has 6 heteroatoms. The number of amides is 2. The molecule has 0 saturated heterocycles. The molecule has 1 aromatic rings. The number of nitrogens with one attached hydrogen (secondary N) is 1. The summed E-state index contributed by atoms with van der Waals surface area (Å²) in [6, 6.07) is 3.17. The van der Waals surface area contributed by atoms with Crippen LogP contribution in [0.5, 0.6) is 0 Å². The summed E-state index contributed by atoms with van der Waals surface area (Å²) in [5.74, 6) is -0.331. The Morgan fingerprint density at radius 1 is 1.48 bits per heavy atom. The first-order valence-electron chi connectivity index (χ1n) is 7.39. The van der Waals surface area contributed by atoms with E-state index in [4.69, 9.17) is 0 Å². The number of thiophene rings is 1. The average Bonchev–Trinajstić information content (AvgIpc) is 3.16. The van der Waals surface area contributed by atoms with Gasteiger partial charge in [0, 0.05) is 12.6 Å². The second kappa shape index (κ2) is 7.56. The molecule has 2 amide bonds.